The second-order valence-corrected chi connectivity index (χ2v) is 9.97. The van der Waals surface area contributed by atoms with Crippen LogP contribution in [0.3, 0.4) is 0 Å². The molecule has 2 N–H and O–H groups in total. The molecule has 0 radical (unpaired) electrons. The summed E-state index contributed by atoms with van der Waals surface area (Å²) in [6.07, 6.45) is 3.05. The second kappa shape index (κ2) is 10.8. The minimum absolute atomic E-state index is 0.0189. The van der Waals surface area contributed by atoms with Gasteiger partial charge in [-0.3, -0.25) is 14.4 Å². The van der Waals surface area contributed by atoms with Crippen LogP contribution >= 0.6 is 0 Å². The number of aromatic nitrogens is 1. The Kier molecular flexibility index (Phi) is 7.28. The van der Waals surface area contributed by atoms with E-state index < -0.39 is 53.3 Å². The van der Waals surface area contributed by atoms with Gasteiger partial charge in [-0.25, -0.2) is 13.2 Å². The number of aromatic amines is 1. The van der Waals surface area contributed by atoms with Crippen LogP contribution < -0.4 is 5.32 Å². The number of rotatable bonds is 1. The first-order valence-corrected chi connectivity index (χ1v) is 12.8. The van der Waals surface area contributed by atoms with Crippen molar-refractivity contribution >= 4 is 34.3 Å². The number of nitrogens with zero attached hydrogens (tertiary/aromatic N) is 3. The summed E-state index contributed by atoms with van der Waals surface area (Å²) in [6, 6.07) is 10.2. The summed E-state index contributed by atoms with van der Waals surface area (Å²) in [5, 5.41) is 12.2. The van der Waals surface area contributed by atoms with Crippen LogP contribution in [0.1, 0.15) is 41.7 Å². The number of halogens is 3. The van der Waals surface area contributed by atoms with Crippen molar-refractivity contribution in [3.8, 4) is 6.07 Å². The predicted octanol–water partition coefficient (Wildman–Crippen LogP) is 4.13. The summed E-state index contributed by atoms with van der Waals surface area (Å²) < 4.78 is 42.2. The van der Waals surface area contributed by atoms with Crippen LogP contribution in [0, 0.1) is 34.7 Å². The molecule has 3 aromatic rings. The Morgan fingerprint density at radius 2 is 1.79 bits per heavy atom. The molecule has 1 fully saturated rings. The zero-order valence-corrected chi connectivity index (χ0v) is 21.0. The van der Waals surface area contributed by atoms with Crippen molar-refractivity contribution in [1.82, 2.24) is 14.8 Å². The second-order valence-electron chi connectivity index (χ2n) is 9.97. The molecule has 2 atom stereocenters. The number of carbonyl (C=O) groups excluding carboxylic acids is 3. The van der Waals surface area contributed by atoms with Crippen LogP contribution in [-0.2, 0) is 16.0 Å². The van der Waals surface area contributed by atoms with E-state index in [0.717, 1.165) is 30.9 Å². The molecule has 0 spiro atoms. The Hall–Kier alpha value is -4.33. The van der Waals surface area contributed by atoms with Gasteiger partial charge in [0.05, 0.1) is 17.5 Å². The lowest BCUT2D eigenvalue weighted by molar-refractivity contribution is -0.132. The molecule has 3 aliphatic heterocycles. The molecule has 2 aromatic carbocycles. The van der Waals surface area contributed by atoms with Crippen LogP contribution in [0.4, 0.5) is 18.9 Å². The molecular weight excluding hydrogens is 511 g/mol. The highest BCUT2D eigenvalue weighted by atomic mass is 19.2. The van der Waals surface area contributed by atoms with Gasteiger partial charge in [0, 0.05) is 30.2 Å². The SMILES string of the molecule is N#CC1CC2CN1C(=O)CN(C(=O)c1cc3c(F)cc(F)c(F)c3[nH]1)CCCCCc1ccc(cc1)NC2=O. The summed E-state index contributed by atoms with van der Waals surface area (Å²) in [7, 11) is 0. The summed E-state index contributed by atoms with van der Waals surface area (Å²) in [4.78, 5) is 44.7. The van der Waals surface area contributed by atoms with Crippen molar-refractivity contribution in [2.75, 3.05) is 25.0 Å². The minimum Gasteiger partial charge on any atom is -0.348 e. The Labute approximate surface area is 222 Å². The average molecular weight is 538 g/mol. The molecule has 0 saturated carbocycles. The molecule has 202 valence electrons. The third-order valence-electron chi connectivity index (χ3n) is 7.36. The molecule has 11 heteroatoms. The summed E-state index contributed by atoms with van der Waals surface area (Å²) in [5.74, 6) is -5.83. The van der Waals surface area contributed by atoms with Gasteiger partial charge in [0.25, 0.3) is 5.91 Å². The highest BCUT2D eigenvalue weighted by Crippen LogP contribution is 2.27. The van der Waals surface area contributed by atoms with Gasteiger partial charge in [0.2, 0.25) is 11.8 Å². The first kappa shape index (κ1) is 26.3. The van der Waals surface area contributed by atoms with Gasteiger partial charge < -0.3 is 20.1 Å². The number of hydrogen-bond donors (Lipinski definition) is 2. The zero-order chi connectivity index (χ0) is 27.7. The molecule has 0 aliphatic carbocycles. The number of H-pyrrole nitrogens is 1. The fourth-order valence-corrected chi connectivity index (χ4v) is 5.21. The van der Waals surface area contributed by atoms with Gasteiger partial charge in [0.1, 0.15) is 24.1 Å². The maximum absolute atomic E-state index is 14.3. The number of hydrogen-bond acceptors (Lipinski definition) is 4. The lowest BCUT2D eigenvalue weighted by Gasteiger charge is -2.26. The number of nitriles is 1. The number of aryl methyl sites for hydroxylation is 1. The average Bonchev–Trinajstić information content (AvgIpc) is 3.57. The van der Waals surface area contributed by atoms with Crippen molar-refractivity contribution in [3.05, 3.63) is 65.1 Å². The Morgan fingerprint density at radius 3 is 2.54 bits per heavy atom. The first-order chi connectivity index (χ1) is 18.7. The highest BCUT2D eigenvalue weighted by Gasteiger charge is 2.39. The van der Waals surface area contributed by atoms with Crippen molar-refractivity contribution < 1.29 is 27.6 Å². The number of anilines is 1. The smallest absolute Gasteiger partial charge is 0.270 e. The van der Waals surface area contributed by atoms with Gasteiger partial charge in [-0.15, -0.1) is 0 Å². The number of nitrogens with one attached hydrogen (secondary N) is 2. The van der Waals surface area contributed by atoms with E-state index in [1.807, 2.05) is 24.3 Å². The molecule has 39 heavy (non-hydrogen) atoms. The molecule has 2 unspecified atom stereocenters. The van der Waals surface area contributed by atoms with E-state index in [1.165, 1.54) is 9.80 Å². The molecule has 4 heterocycles. The molecule has 8 nitrogen and oxygen atoms in total. The van der Waals surface area contributed by atoms with Crippen molar-refractivity contribution in [1.29, 1.82) is 5.26 Å². The largest absolute Gasteiger partial charge is 0.348 e. The monoisotopic (exact) mass is 537 g/mol. The summed E-state index contributed by atoms with van der Waals surface area (Å²) in [5.41, 5.74) is 1.06. The topological polar surface area (TPSA) is 109 Å². The Balaban J connectivity index is 1.43. The molecule has 6 rings (SSSR count). The number of carbonyl (C=O) groups is 3. The van der Waals surface area contributed by atoms with E-state index >= 15 is 0 Å². The van der Waals surface area contributed by atoms with Crippen molar-refractivity contribution in [2.45, 2.75) is 38.1 Å². The first-order valence-electron chi connectivity index (χ1n) is 12.8. The molecule has 4 bridgehead atoms. The molecule has 1 aromatic heterocycles. The molecule has 1 saturated heterocycles. The lowest BCUT2D eigenvalue weighted by atomic mass is 10.0. The van der Waals surface area contributed by atoms with Crippen LogP contribution in [-0.4, -0.2) is 58.2 Å². The van der Waals surface area contributed by atoms with E-state index in [-0.39, 0.29) is 36.5 Å². The Bertz CT molecular complexity index is 1480. The third kappa shape index (κ3) is 5.32. The van der Waals surface area contributed by atoms with Gasteiger partial charge in [-0.05, 0) is 49.4 Å². The highest BCUT2D eigenvalue weighted by molar-refractivity contribution is 6.00. The molecular formula is C28H26F3N5O3. The fraction of sp³-hybridized carbons (Fsp3) is 0.357. The quantitative estimate of drug-likeness (QED) is 0.455. The van der Waals surface area contributed by atoms with Gasteiger partial charge in [-0.1, -0.05) is 18.6 Å². The van der Waals surface area contributed by atoms with E-state index in [9.17, 15) is 32.8 Å². The number of benzene rings is 2. The van der Waals surface area contributed by atoms with Crippen LogP contribution in [0.5, 0.6) is 0 Å². The standard InChI is InChI=1S/C28H26F3N5O3/c29-21-12-22(30)25(31)26-20(21)11-23(34-26)28(39)35-9-3-1-2-4-16-5-7-18(8-6-16)33-27(38)17-10-19(13-32)36(14-17)24(37)15-35/h5-8,11-12,17,19,34H,1-4,9-10,14-15H2,(H,33,38). The van der Waals surface area contributed by atoms with E-state index in [1.54, 1.807) is 0 Å². The number of amides is 3. The zero-order valence-electron chi connectivity index (χ0n) is 21.0. The van der Waals surface area contributed by atoms with Gasteiger partial charge in [-0.2, -0.15) is 5.26 Å². The van der Waals surface area contributed by atoms with Gasteiger partial charge in [0.15, 0.2) is 11.6 Å². The number of fused-ring (bicyclic) bond motifs is 11. The fourth-order valence-electron chi connectivity index (χ4n) is 5.21. The van der Waals surface area contributed by atoms with E-state index in [2.05, 4.69) is 16.4 Å². The van der Waals surface area contributed by atoms with Gasteiger partial charge >= 0.3 is 0 Å². The van der Waals surface area contributed by atoms with E-state index in [0.29, 0.717) is 18.2 Å². The summed E-state index contributed by atoms with van der Waals surface area (Å²) in [6.45, 7) is -0.198. The van der Waals surface area contributed by atoms with Crippen molar-refractivity contribution in [3.63, 3.8) is 0 Å². The molecule has 3 aliphatic rings. The Morgan fingerprint density at radius 1 is 1.03 bits per heavy atom. The lowest BCUT2D eigenvalue weighted by Crippen LogP contribution is -2.45. The van der Waals surface area contributed by atoms with E-state index in [4.69, 9.17) is 0 Å². The predicted molar refractivity (Wildman–Crippen MR) is 136 cm³/mol. The van der Waals surface area contributed by atoms with Crippen LogP contribution in [0.15, 0.2) is 36.4 Å². The molecule has 3 amide bonds. The minimum atomic E-state index is -1.39. The normalized spacial score (nSPS) is 20.7. The maximum atomic E-state index is 14.3. The third-order valence-corrected chi connectivity index (χ3v) is 7.36. The summed E-state index contributed by atoms with van der Waals surface area (Å²) >= 11 is 0. The van der Waals surface area contributed by atoms with Crippen molar-refractivity contribution in [2.24, 2.45) is 5.92 Å². The van der Waals surface area contributed by atoms with Crippen LogP contribution in [0.25, 0.3) is 10.9 Å². The van der Waals surface area contributed by atoms with Crippen LogP contribution in [0.2, 0.25) is 0 Å². The maximum Gasteiger partial charge on any atom is 0.270 e.